The van der Waals surface area contributed by atoms with Crippen LogP contribution in [0.5, 0.6) is 0 Å². The molecule has 0 spiro atoms. The van der Waals surface area contributed by atoms with Crippen LogP contribution in [0.15, 0.2) is 28.7 Å². The third-order valence-corrected chi connectivity index (χ3v) is 4.79. The van der Waals surface area contributed by atoms with Crippen LogP contribution in [0, 0.1) is 5.92 Å². The summed E-state index contributed by atoms with van der Waals surface area (Å²) in [6.07, 6.45) is 3.28. The molecular weight excluding hydrogens is 308 g/mol. The summed E-state index contributed by atoms with van der Waals surface area (Å²) in [5, 5.41) is 0. The molecule has 1 aromatic rings. The fraction of sp³-hybridized carbons (Fsp3) is 0.533. The number of fused-ring (bicyclic) bond motifs is 2. The number of rotatable bonds is 2. The van der Waals surface area contributed by atoms with Crippen LogP contribution in [-0.2, 0) is 14.3 Å². The molecular formula is C15H17BrO3. The minimum atomic E-state index is -0.162. The van der Waals surface area contributed by atoms with Crippen molar-refractivity contribution in [3.8, 4) is 0 Å². The molecule has 2 aliphatic rings. The molecule has 0 aliphatic carbocycles. The van der Waals surface area contributed by atoms with Crippen LogP contribution in [0.2, 0.25) is 0 Å². The van der Waals surface area contributed by atoms with E-state index in [-0.39, 0.29) is 23.9 Å². The van der Waals surface area contributed by atoms with Crippen molar-refractivity contribution in [1.82, 2.24) is 0 Å². The second kappa shape index (κ2) is 5.25. The Morgan fingerprint density at radius 2 is 2.05 bits per heavy atom. The van der Waals surface area contributed by atoms with Gasteiger partial charge in [-0.25, -0.2) is 0 Å². The van der Waals surface area contributed by atoms with E-state index < -0.39 is 0 Å². The van der Waals surface area contributed by atoms with E-state index >= 15 is 0 Å². The van der Waals surface area contributed by atoms with Gasteiger partial charge in [-0.15, -0.1) is 0 Å². The molecule has 0 radical (unpaired) electrons. The van der Waals surface area contributed by atoms with Gasteiger partial charge in [0.15, 0.2) is 0 Å². The summed E-state index contributed by atoms with van der Waals surface area (Å²) in [5.41, 5.74) is 1.21. The van der Waals surface area contributed by atoms with E-state index in [0.29, 0.717) is 6.10 Å². The van der Waals surface area contributed by atoms with Crippen molar-refractivity contribution in [2.75, 3.05) is 7.11 Å². The predicted molar refractivity (Wildman–Crippen MR) is 74.9 cm³/mol. The molecule has 0 aromatic heterocycles. The van der Waals surface area contributed by atoms with Crippen molar-refractivity contribution in [3.63, 3.8) is 0 Å². The molecule has 2 heterocycles. The topological polar surface area (TPSA) is 35.5 Å². The lowest BCUT2D eigenvalue weighted by molar-refractivity contribution is -0.156. The van der Waals surface area contributed by atoms with E-state index in [1.54, 1.807) is 0 Å². The van der Waals surface area contributed by atoms with Gasteiger partial charge in [-0.1, -0.05) is 28.1 Å². The molecule has 3 rings (SSSR count). The van der Waals surface area contributed by atoms with E-state index in [2.05, 4.69) is 28.1 Å². The fourth-order valence-electron chi connectivity index (χ4n) is 3.37. The zero-order valence-electron chi connectivity index (χ0n) is 10.8. The molecule has 19 heavy (non-hydrogen) atoms. The fourth-order valence-corrected chi connectivity index (χ4v) is 3.63. The Morgan fingerprint density at radius 3 is 2.74 bits per heavy atom. The molecule has 2 saturated heterocycles. The molecule has 3 nitrogen and oxygen atoms in total. The predicted octanol–water partition coefficient (Wildman–Crippen LogP) is 3.27. The molecule has 2 bridgehead atoms. The van der Waals surface area contributed by atoms with Crippen molar-refractivity contribution in [2.24, 2.45) is 5.92 Å². The maximum atomic E-state index is 12.1. The van der Waals surface area contributed by atoms with E-state index in [1.165, 1.54) is 12.7 Å². The Labute approximate surface area is 121 Å². The molecule has 0 amide bonds. The summed E-state index contributed by atoms with van der Waals surface area (Å²) in [5.74, 6) is -0.0880. The average Bonchev–Trinajstić information content (AvgIpc) is 2.80. The number of carbonyl (C=O) groups excluding carboxylic acids is 1. The van der Waals surface area contributed by atoms with Crippen molar-refractivity contribution < 1.29 is 14.3 Å². The highest BCUT2D eigenvalue weighted by atomic mass is 79.9. The number of esters is 1. The Hall–Kier alpha value is -0.870. The van der Waals surface area contributed by atoms with Crippen LogP contribution in [0.4, 0.5) is 0 Å². The maximum Gasteiger partial charge on any atom is 0.311 e. The van der Waals surface area contributed by atoms with Crippen molar-refractivity contribution in [2.45, 2.75) is 37.4 Å². The van der Waals surface area contributed by atoms with E-state index in [9.17, 15) is 4.79 Å². The number of ether oxygens (including phenoxy) is 2. The summed E-state index contributed by atoms with van der Waals surface area (Å²) in [4.78, 5) is 12.1. The quantitative estimate of drug-likeness (QED) is 0.783. The van der Waals surface area contributed by atoms with Gasteiger partial charge in [0.1, 0.15) is 0 Å². The van der Waals surface area contributed by atoms with E-state index in [0.717, 1.165) is 23.7 Å². The lowest BCUT2D eigenvalue weighted by Crippen LogP contribution is -2.39. The van der Waals surface area contributed by atoms with Gasteiger partial charge in [0.25, 0.3) is 0 Å². The molecule has 1 unspecified atom stereocenters. The van der Waals surface area contributed by atoms with Gasteiger partial charge in [0.2, 0.25) is 0 Å². The molecule has 2 aliphatic heterocycles. The lowest BCUT2D eigenvalue weighted by atomic mass is 9.79. The average molecular weight is 325 g/mol. The van der Waals surface area contributed by atoms with Crippen LogP contribution >= 0.6 is 15.9 Å². The summed E-state index contributed by atoms with van der Waals surface area (Å²) >= 11 is 3.45. The van der Waals surface area contributed by atoms with Gasteiger partial charge in [0, 0.05) is 10.4 Å². The number of carbonyl (C=O) groups is 1. The SMILES string of the molecule is COC(=O)[C@@H]1[C@H]2CCC(C[C@H]1c1ccc(Br)cc1)O2. The second-order valence-corrected chi connectivity index (χ2v) is 6.23. The number of halogens is 1. The first-order valence-electron chi connectivity index (χ1n) is 6.68. The number of benzene rings is 1. The van der Waals surface area contributed by atoms with Crippen LogP contribution in [0.1, 0.15) is 30.7 Å². The van der Waals surface area contributed by atoms with Crippen molar-refractivity contribution in [1.29, 1.82) is 0 Å². The van der Waals surface area contributed by atoms with E-state index in [4.69, 9.17) is 9.47 Å². The van der Waals surface area contributed by atoms with Crippen molar-refractivity contribution in [3.05, 3.63) is 34.3 Å². The third-order valence-electron chi connectivity index (χ3n) is 4.26. The molecule has 4 atom stereocenters. The zero-order valence-corrected chi connectivity index (χ0v) is 12.4. The highest BCUT2D eigenvalue weighted by molar-refractivity contribution is 9.10. The largest absolute Gasteiger partial charge is 0.469 e. The summed E-state index contributed by atoms with van der Waals surface area (Å²) in [6, 6.07) is 8.24. The van der Waals surface area contributed by atoms with Gasteiger partial charge in [-0.05, 0) is 37.0 Å². The van der Waals surface area contributed by atoms with Crippen LogP contribution in [0.25, 0.3) is 0 Å². The highest BCUT2D eigenvalue weighted by Crippen LogP contribution is 2.45. The van der Waals surface area contributed by atoms with E-state index in [1.807, 2.05) is 12.1 Å². The Balaban J connectivity index is 1.92. The lowest BCUT2D eigenvalue weighted by Gasteiger charge is -2.35. The summed E-state index contributed by atoms with van der Waals surface area (Å²) in [6.45, 7) is 0. The summed E-state index contributed by atoms with van der Waals surface area (Å²) < 4.78 is 11.9. The number of methoxy groups -OCH3 is 1. The molecule has 2 fully saturated rings. The number of hydrogen-bond donors (Lipinski definition) is 0. The van der Waals surface area contributed by atoms with Gasteiger partial charge in [-0.3, -0.25) is 4.79 Å². The first-order valence-corrected chi connectivity index (χ1v) is 7.47. The number of hydrogen-bond acceptors (Lipinski definition) is 3. The monoisotopic (exact) mass is 324 g/mol. The van der Waals surface area contributed by atoms with Gasteiger partial charge >= 0.3 is 5.97 Å². The highest BCUT2D eigenvalue weighted by Gasteiger charge is 2.47. The van der Waals surface area contributed by atoms with Crippen molar-refractivity contribution >= 4 is 21.9 Å². The first kappa shape index (κ1) is 13.1. The van der Waals surface area contributed by atoms with Crippen LogP contribution in [0.3, 0.4) is 0 Å². The molecule has 102 valence electrons. The normalized spacial score (nSPS) is 33.2. The molecule has 1 aromatic carbocycles. The van der Waals surface area contributed by atoms with Gasteiger partial charge < -0.3 is 9.47 Å². The van der Waals surface area contributed by atoms with Crippen LogP contribution in [-0.4, -0.2) is 25.3 Å². The smallest absolute Gasteiger partial charge is 0.311 e. The standard InChI is InChI=1S/C15H17BrO3/c1-18-15(17)14-12(8-11-6-7-13(14)19-11)9-2-4-10(16)5-3-9/h2-5,11-14H,6-8H2,1H3/t11?,12-,13+,14-/m0/s1. The maximum absolute atomic E-state index is 12.1. The minimum absolute atomic E-state index is 0.0276. The minimum Gasteiger partial charge on any atom is -0.469 e. The second-order valence-electron chi connectivity index (χ2n) is 5.32. The molecule has 0 N–H and O–H groups in total. The third kappa shape index (κ3) is 2.43. The molecule has 4 heteroatoms. The van der Waals surface area contributed by atoms with Crippen LogP contribution < -0.4 is 0 Å². The Bertz CT molecular complexity index is 471. The first-order chi connectivity index (χ1) is 9.19. The van der Waals surface area contributed by atoms with Gasteiger partial charge in [-0.2, -0.15) is 0 Å². The summed E-state index contributed by atoms with van der Waals surface area (Å²) in [7, 11) is 1.46. The zero-order chi connectivity index (χ0) is 13.4. The molecule has 0 saturated carbocycles. The Morgan fingerprint density at radius 1 is 1.32 bits per heavy atom. The van der Waals surface area contributed by atoms with Gasteiger partial charge in [0.05, 0.1) is 25.2 Å². The Kier molecular flexibility index (Phi) is 3.63.